The van der Waals surface area contributed by atoms with Crippen LogP contribution >= 0.6 is 0 Å². The first-order chi connectivity index (χ1) is 18.1. The van der Waals surface area contributed by atoms with E-state index in [2.05, 4.69) is 0 Å². The lowest BCUT2D eigenvalue weighted by atomic mass is 9.89. The molecule has 0 saturated heterocycles. The maximum atomic E-state index is 13.8. The Morgan fingerprint density at radius 1 is 0.811 bits per heavy atom. The van der Waals surface area contributed by atoms with E-state index in [0.717, 1.165) is 22.7 Å². The zero-order chi connectivity index (χ0) is 25.8. The third-order valence-corrected chi connectivity index (χ3v) is 6.78. The second-order valence-corrected chi connectivity index (χ2v) is 9.23. The van der Waals surface area contributed by atoms with Gasteiger partial charge in [0.25, 0.3) is 5.91 Å². The number of ether oxygens (including phenoxy) is 1. The highest BCUT2D eigenvalue weighted by molar-refractivity contribution is 6.07. The van der Waals surface area contributed by atoms with Gasteiger partial charge in [-0.1, -0.05) is 61.5 Å². The first kappa shape index (κ1) is 24.3. The van der Waals surface area contributed by atoms with Gasteiger partial charge in [0.05, 0.1) is 6.04 Å². The molecule has 2 amide bonds. The summed E-state index contributed by atoms with van der Waals surface area (Å²) in [5, 5.41) is 0. The van der Waals surface area contributed by atoms with Crippen LogP contribution in [0, 0.1) is 0 Å². The van der Waals surface area contributed by atoms with E-state index in [9.17, 15) is 9.59 Å². The van der Waals surface area contributed by atoms with Crippen molar-refractivity contribution < 1.29 is 14.3 Å². The topological polar surface area (TPSA) is 49.9 Å². The van der Waals surface area contributed by atoms with E-state index < -0.39 is 0 Å². The van der Waals surface area contributed by atoms with E-state index >= 15 is 0 Å². The number of benzene rings is 4. The number of fused-ring (bicyclic) bond motifs is 1. The van der Waals surface area contributed by atoms with Crippen LogP contribution in [0.5, 0.6) is 11.5 Å². The summed E-state index contributed by atoms with van der Waals surface area (Å²) in [6.45, 7) is 3.94. The number of rotatable bonds is 6. The van der Waals surface area contributed by atoms with Gasteiger partial charge in [0, 0.05) is 29.4 Å². The molecular weight excluding hydrogens is 460 g/mol. The van der Waals surface area contributed by atoms with Gasteiger partial charge in [-0.25, -0.2) is 0 Å². The second kappa shape index (κ2) is 10.7. The number of para-hydroxylation sites is 3. The van der Waals surface area contributed by atoms with Crippen LogP contribution in [0.1, 0.15) is 48.7 Å². The summed E-state index contributed by atoms with van der Waals surface area (Å²) in [5.41, 5.74) is 3.27. The summed E-state index contributed by atoms with van der Waals surface area (Å²) in [4.78, 5) is 30.7. The third kappa shape index (κ3) is 4.98. The molecule has 0 aromatic heterocycles. The minimum Gasteiger partial charge on any atom is -0.457 e. The summed E-state index contributed by atoms with van der Waals surface area (Å²) >= 11 is 0. The molecule has 37 heavy (non-hydrogen) atoms. The molecule has 5 nitrogen and oxygen atoms in total. The minimum atomic E-state index is -0.160. The van der Waals surface area contributed by atoms with E-state index in [4.69, 9.17) is 4.74 Å². The number of carbonyl (C=O) groups is 2. The molecule has 2 atom stereocenters. The lowest BCUT2D eigenvalue weighted by Gasteiger charge is -2.43. The Kier molecular flexibility index (Phi) is 7.04. The standard InChI is InChI=1S/C32H30N2O3/c1-3-31(35)34(25-12-6-4-7-13-25)30-22-23(2)33(29-17-11-10-16-28(29)30)32(36)24-18-20-27(21-19-24)37-26-14-8-5-9-15-26/h4-21,23,30H,3,22H2,1-2H3/t23-,30+/m1/s1. The number of carbonyl (C=O) groups excluding carboxylic acids is 2. The molecule has 0 N–H and O–H groups in total. The molecule has 5 rings (SSSR count). The predicted octanol–water partition coefficient (Wildman–Crippen LogP) is 7.40. The molecule has 0 saturated carbocycles. The van der Waals surface area contributed by atoms with Crippen molar-refractivity contribution in [1.29, 1.82) is 0 Å². The van der Waals surface area contributed by atoms with Crippen LogP contribution in [0.2, 0.25) is 0 Å². The van der Waals surface area contributed by atoms with Crippen molar-refractivity contribution in [3.63, 3.8) is 0 Å². The maximum absolute atomic E-state index is 13.8. The quantitative estimate of drug-likeness (QED) is 0.283. The fourth-order valence-electron chi connectivity index (χ4n) is 5.02. The normalized spacial score (nSPS) is 16.5. The number of anilines is 2. The van der Waals surface area contributed by atoms with Gasteiger partial charge in [-0.3, -0.25) is 9.59 Å². The van der Waals surface area contributed by atoms with Crippen LogP contribution in [-0.2, 0) is 4.79 Å². The molecule has 5 heteroatoms. The van der Waals surface area contributed by atoms with Gasteiger partial charge in [-0.05, 0) is 73.5 Å². The van der Waals surface area contributed by atoms with E-state index in [1.54, 1.807) is 12.1 Å². The average Bonchev–Trinajstić information content (AvgIpc) is 2.94. The van der Waals surface area contributed by atoms with Gasteiger partial charge in [-0.2, -0.15) is 0 Å². The largest absolute Gasteiger partial charge is 0.457 e. The van der Waals surface area contributed by atoms with Crippen molar-refractivity contribution in [3.8, 4) is 11.5 Å². The van der Waals surface area contributed by atoms with E-state index in [1.165, 1.54) is 0 Å². The van der Waals surface area contributed by atoms with Gasteiger partial charge in [0.1, 0.15) is 11.5 Å². The molecule has 0 unspecified atom stereocenters. The molecule has 0 fully saturated rings. The molecule has 1 heterocycles. The summed E-state index contributed by atoms with van der Waals surface area (Å²) in [6.07, 6.45) is 1.04. The first-order valence-electron chi connectivity index (χ1n) is 12.7. The van der Waals surface area contributed by atoms with Crippen LogP contribution < -0.4 is 14.5 Å². The van der Waals surface area contributed by atoms with Crippen molar-refractivity contribution in [2.75, 3.05) is 9.80 Å². The Hall–Kier alpha value is -4.38. The van der Waals surface area contributed by atoms with E-state index in [-0.39, 0.29) is 23.9 Å². The number of hydrogen-bond acceptors (Lipinski definition) is 3. The monoisotopic (exact) mass is 490 g/mol. The molecule has 0 spiro atoms. The van der Waals surface area contributed by atoms with Gasteiger partial charge in [0.2, 0.25) is 5.91 Å². The molecule has 186 valence electrons. The Morgan fingerprint density at radius 3 is 2.08 bits per heavy atom. The molecule has 0 bridgehead atoms. The van der Waals surface area contributed by atoms with Gasteiger partial charge >= 0.3 is 0 Å². The molecule has 4 aromatic carbocycles. The van der Waals surface area contributed by atoms with Crippen LogP contribution in [0.4, 0.5) is 11.4 Å². The van der Waals surface area contributed by atoms with Gasteiger partial charge in [0.15, 0.2) is 0 Å². The molecule has 0 aliphatic carbocycles. The SMILES string of the molecule is CCC(=O)N(c1ccccc1)[C@H]1C[C@@H](C)N(C(=O)c2ccc(Oc3ccccc3)cc2)c2ccccc21. The molecular formula is C32H30N2O3. The Balaban J connectivity index is 1.45. The highest BCUT2D eigenvalue weighted by atomic mass is 16.5. The lowest BCUT2D eigenvalue weighted by Crippen LogP contribution is -2.47. The highest BCUT2D eigenvalue weighted by Gasteiger charge is 2.38. The van der Waals surface area contributed by atoms with Gasteiger partial charge < -0.3 is 14.5 Å². The first-order valence-corrected chi connectivity index (χ1v) is 12.7. The van der Waals surface area contributed by atoms with Crippen LogP contribution in [0.25, 0.3) is 0 Å². The third-order valence-electron chi connectivity index (χ3n) is 6.78. The summed E-state index contributed by atoms with van der Waals surface area (Å²) in [5.74, 6) is 1.41. The van der Waals surface area contributed by atoms with Crippen molar-refractivity contribution in [2.24, 2.45) is 0 Å². The fraction of sp³-hybridized carbons (Fsp3) is 0.188. The molecule has 1 aliphatic heterocycles. The van der Waals surface area contributed by atoms with E-state index in [1.807, 2.05) is 121 Å². The van der Waals surface area contributed by atoms with Crippen molar-refractivity contribution in [3.05, 3.63) is 120 Å². The summed E-state index contributed by atoms with van der Waals surface area (Å²) in [6, 6.07) is 34.3. The number of hydrogen-bond donors (Lipinski definition) is 0. The van der Waals surface area contributed by atoms with Crippen LogP contribution in [0.15, 0.2) is 109 Å². The summed E-state index contributed by atoms with van der Waals surface area (Å²) < 4.78 is 5.89. The average molecular weight is 491 g/mol. The zero-order valence-electron chi connectivity index (χ0n) is 21.1. The number of amides is 2. The minimum absolute atomic E-state index is 0.0620. The van der Waals surface area contributed by atoms with Gasteiger partial charge in [-0.15, -0.1) is 0 Å². The van der Waals surface area contributed by atoms with E-state index in [0.29, 0.717) is 24.2 Å². The molecule has 1 aliphatic rings. The van der Waals surface area contributed by atoms with Crippen molar-refractivity contribution in [2.45, 2.75) is 38.8 Å². The Morgan fingerprint density at radius 2 is 1.41 bits per heavy atom. The highest BCUT2D eigenvalue weighted by Crippen LogP contribution is 2.43. The van der Waals surface area contributed by atoms with Crippen LogP contribution in [0.3, 0.4) is 0 Å². The second-order valence-electron chi connectivity index (χ2n) is 9.23. The smallest absolute Gasteiger partial charge is 0.258 e. The predicted molar refractivity (Wildman–Crippen MR) is 147 cm³/mol. The number of nitrogens with zero attached hydrogens (tertiary/aromatic N) is 2. The Bertz CT molecular complexity index is 1370. The Labute approximate surface area is 217 Å². The molecule has 0 radical (unpaired) electrons. The van der Waals surface area contributed by atoms with Crippen molar-refractivity contribution in [1.82, 2.24) is 0 Å². The maximum Gasteiger partial charge on any atom is 0.258 e. The summed E-state index contributed by atoms with van der Waals surface area (Å²) in [7, 11) is 0. The van der Waals surface area contributed by atoms with Crippen molar-refractivity contribution >= 4 is 23.2 Å². The zero-order valence-corrected chi connectivity index (χ0v) is 21.1. The fourth-order valence-corrected chi connectivity index (χ4v) is 5.02. The van der Waals surface area contributed by atoms with Crippen LogP contribution in [-0.4, -0.2) is 17.9 Å². The lowest BCUT2D eigenvalue weighted by molar-refractivity contribution is -0.118. The molecule has 4 aromatic rings.